The van der Waals surface area contributed by atoms with Gasteiger partial charge in [-0.1, -0.05) is 17.9 Å². The summed E-state index contributed by atoms with van der Waals surface area (Å²) in [5.41, 5.74) is 0.643. The molecule has 9 heteroatoms. The van der Waals surface area contributed by atoms with Crippen LogP contribution in [0.25, 0.3) is 11.0 Å². The van der Waals surface area contributed by atoms with E-state index >= 15 is 0 Å². The molecule has 0 bridgehead atoms. The van der Waals surface area contributed by atoms with E-state index < -0.39 is 22.8 Å². The van der Waals surface area contributed by atoms with Crippen LogP contribution >= 0.6 is 0 Å². The number of benzene rings is 1. The summed E-state index contributed by atoms with van der Waals surface area (Å²) in [6.07, 6.45) is 1.94. The third-order valence-electron chi connectivity index (χ3n) is 4.19. The number of pyridine rings is 2. The minimum absolute atomic E-state index is 0. The Morgan fingerprint density at radius 2 is 1.96 bits per heavy atom. The second-order valence-corrected chi connectivity index (χ2v) is 6.06. The molecular weight excluding hydrogens is 392 g/mol. The molecule has 0 aliphatic rings. The summed E-state index contributed by atoms with van der Waals surface area (Å²) in [6.45, 7) is -0.373. The van der Waals surface area contributed by atoms with Crippen molar-refractivity contribution in [3.63, 3.8) is 0 Å². The molecule has 0 aliphatic carbocycles. The van der Waals surface area contributed by atoms with Crippen LogP contribution in [0.2, 0.25) is 0 Å². The smallest absolute Gasteiger partial charge is 0.870 e. The third kappa shape index (κ3) is 4.68. The van der Waals surface area contributed by atoms with E-state index in [9.17, 15) is 19.1 Å². The number of aliphatic hydroxyl groups excluding tert-OH is 1. The molecule has 1 aromatic carbocycles. The number of aryl methyl sites for hydroxylation is 1. The van der Waals surface area contributed by atoms with E-state index in [0.717, 1.165) is 11.1 Å². The number of rotatable bonds is 5. The Balaban J connectivity index is 0.00000280. The van der Waals surface area contributed by atoms with Crippen molar-refractivity contribution in [1.29, 1.82) is 0 Å². The largest absolute Gasteiger partial charge is 1.00 e. The van der Waals surface area contributed by atoms with Crippen molar-refractivity contribution in [2.24, 2.45) is 7.05 Å². The number of aliphatic hydroxyl groups is 1. The normalized spacial score (nSPS) is 10.5. The monoisotopic (exact) mass is 409 g/mol. The molecule has 2 heterocycles. The van der Waals surface area contributed by atoms with Crippen molar-refractivity contribution >= 4 is 16.9 Å². The first-order valence-electron chi connectivity index (χ1n) is 8.24. The first-order valence-corrected chi connectivity index (χ1v) is 8.24. The van der Waals surface area contributed by atoms with Crippen LogP contribution in [0.3, 0.4) is 0 Å². The fraction of sp³-hybridized carbons (Fsp3) is 0.211. The number of carbonyl (C=O) groups excluding carboxylic acids is 1. The van der Waals surface area contributed by atoms with Gasteiger partial charge in [-0.05, 0) is 35.7 Å². The maximum absolute atomic E-state index is 13.0. The van der Waals surface area contributed by atoms with Gasteiger partial charge in [-0.3, -0.25) is 14.6 Å². The van der Waals surface area contributed by atoms with Crippen LogP contribution < -0.4 is 67.4 Å². The van der Waals surface area contributed by atoms with Crippen LogP contribution in [0.5, 0.6) is 5.75 Å². The summed E-state index contributed by atoms with van der Waals surface area (Å²) in [7, 11) is 1.45. The summed E-state index contributed by atoms with van der Waals surface area (Å²) in [4.78, 5) is 28.7. The first-order chi connectivity index (χ1) is 12.9. The van der Waals surface area contributed by atoms with E-state index in [1.165, 1.54) is 29.9 Å². The number of nitrogens with one attached hydrogen (secondary N) is 1. The zero-order valence-electron chi connectivity index (χ0n) is 15.5. The van der Waals surface area contributed by atoms with Crippen LogP contribution in [0, 0.1) is 5.82 Å². The molecule has 2 aromatic heterocycles. The second-order valence-electron chi connectivity index (χ2n) is 6.06. The average Bonchev–Trinajstić information content (AvgIpc) is 2.66. The molecule has 0 fully saturated rings. The Labute approximate surface area is 202 Å². The number of hydrogen-bond acceptors (Lipinski definition) is 5. The Hall–Kier alpha value is -1.62. The van der Waals surface area contributed by atoms with Gasteiger partial charge in [-0.15, -0.1) is 0 Å². The zero-order chi connectivity index (χ0) is 19.6. The summed E-state index contributed by atoms with van der Waals surface area (Å²) >= 11 is 0. The molecule has 2 N–H and O–H groups in total. The standard InChI is InChI=1S/C19H18FN3O4.K/c1-23-14-9-12(8-11-2-4-13(20)5-3-11)10-22-16(14)17(25)15(19(23)27)18(26)21-6-7-24;/h2-5,9-10,24-25H,6-8H2,1H3,(H,21,26);/q;+1/p-1. The SMILES string of the molecule is Cn1c(=O)c(C(=O)NCCO)c([O-])c2ncc(Cc3ccc(F)cc3)cc21.[K+]. The van der Waals surface area contributed by atoms with Gasteiger partial charge in [0, 0.05) is 19.8 Å². The number of aromatic nitrogens is 2. The quantitative estimate of drug-likeness (QED) is 0.452. The molecule has 0 saturated carbocycles. The first kappa shape index (κ1) is 22.7. The molecule has 7 nitrogen and oxygen atoms in total. The van der Waals surface area contributed by atoms with E-state index in [1.54, 1.807) is 18.2 Å². The Bertz CT molecular complexity index is 1070. The molecule has 3 rings (SSSR count). The van der Waals surface area contributed by atoms with Crippen molar-refractivity contribution in [2.45, 2.75) is 6.42 Å². The van der Waals surface area contributed by atoms with Gasteiger partial charge in [0.1, 0.15) is 5.82 Å². The van der Waals surface area contributed by atoms with E-state index in [4.69, 9.17) is 5.11 Å². The number of nitrogens with zero attached hydrogens (tertiary/aromatic N) is 2. The fourth-order valence-corrected chi connectivity index (χ4v) is 2.81. The summed E-state index contributed by atoms with van der Waals surface area (Å²) in [5, 5.41) is 23.7. The summed E-state index contributed by atoms with van der Waals surface area (Å²) < 4.78 is 14.2. The van der Waals surface area contributed by atoms with Gasteiger partial charge >= 0.3 is 51.4 Å². The Kier molecular flexibility index (Phi) is 7.87. The van der Waals surface area contributed by atoms with Gasteiger partial charge in [0.15, 0.2) is 0 Å². The molecule has 0 spiro atoms. The maximum Gasteiger partial charge on any atom is 1.00 e. The van der Waals surface area contributed by atoms with Gasteiger partial charge < -0.3 is 20.1 Å². The van der Waals surface area contributed by atoms with Crippen LogP contribution in [0.4, 0.5) is 4.39 Å². The summed E-state index contributed by atoms with van der Waals surface area (Å²) in [6, 6.07) is 7.65. The van der Waals surface area contributed by atoms with Crippen LogP contribution in [0.1, 0.15) is 21.5 Å². The molecule has 3 aromatic rings. The minimum Gasteiger partial charge on any atom is -0.870 e. The molecule has 0 atom stereocenters. The van der Waals surface area contributed by atoms with Crippen molar-refractivity contribution < 1.29 is 70.8 Å². The fourth-order valence-electron chi connectivity index (χ4n) is 2.81. The van der Waals surface area contributed by atoms with E-state index in [2.05, 4.69) is 10.3 Å². The van der Waals surface area contributed by atoms with Crippen molar-refractivity contribution in [3.05, 3.63) is 69.4 Å². The molecule has 0 saturated heterocycles. The molecule has 0 unspecified atom stereocenters. The van der Waals surface area contributed by atoms with Gasteiger partial charge in [-0.2, -0.15) is 0 Å². The van der Waals surface area contributed by atoms with Crippen molar-refractivity contribution in [1.82, 2.24) is 14.9 Å². The average molecular weight is 409 g/mol. The molecule has 0 radical (unpaired) electrons. The molecule has 140 valence electrons. The van der Waals surface area contributed by atoms with Crippen molar-refractivity contribution in [2.75, 3.05) is 13.2 Å². The number of hydrogen-bond donors (Lipinski definition) is 2. The molecular formula is C19H17FKN3O4. The van der Waals surface area contributed by atoms with Crippen LogP contribution in [-0.2, 0) is 13.5 Å². The van der Waals surface area contributed by atoms with E-state index in [1.807, 2.05) is 0 Å². The predicted octanol–water partition coefficient (Wildman–Crippen LogP) is -2.54. The van der Waals surface area contributed by atoms with Gasteiger partial charge in [0.2, 0.25) is 0 Å². The van der Waals surface area contributed by atoms with E-state index in [0.29, 0.717) is 11.9 Å². The van der Waals surface area contributed by atoms with Crippen LogP contribution in [0.15, 0.2) is 41.3 Å². The Morgan fingerprint density at radius 3 is 2.61 bits per heavy atom. The maximum atomic E-state index is 13.0. The third-order valence-corrected chi connectivity index (χ3v) is 4.19. The molecule has 1 amide bonds. The van der Waals surface area contributed by atoms with Crippen LogP contribution in [-0.4, -0.2) is 33.7 Å². The van der Waals surface area contributed by atoms with Gasteiger partial charge in [0.25, 0.3) is 11.5 Å². The number of carbonyl (C=O) groups is 1. The molecule has 0 aliphatic heterocycles. The zero-order valence-corrected chi connectivity index (χ0v) is 18.7. The van der Waals surface area contributed by atoms with Gasteiger partial charge in [0.05, 0.1) is 23.2 Å². The van der Waals surface area contributed by atoms with Gasteiger partial charge in [-0.25, -0.2) is 4.39 Å². The number of amides is 1. The minimum atomic E-state index is -0.839. The van der Waals surface area contributed by atoms with E-state index in [-0.39, 0.29) is 75.9 Å². The Morgan fingerprint density at radius 1 is 1.29 bits per heavy atom. The molecule has 28 heavy (non-hydrogen) atoms. The summed E-state index contributed by atoms with van der Waals surface area (Å²) in [5.74, 6) is -1.92. The predicted molar refractivity (Wildman–Crippen MR) is 95.1 cm³/mol. The number of halogens is 1. The number of fused-ring (bicyclic) bond motifs is 1. The second kappa shape index (κ2) is 9.73. The van der Waals surface area contributed by atoms with Crippen molar-refractivity contribution in [3.8, 4) is 5.75 Å². The topological polar surface area (TPSA) is 107 Å².